The first-order chi connectivity index (χ1) is 7.72. The number of aromatic nitrogens is 1. The molecular formula is C13H15ClN2. The Labute approximate surface area is 101 Å². The van der Waals surface area contributed by atoms with Gasteiger partial charge in [-0.3, -0.25) is 0 Å². The molecule has 0 amide bonds. The van der Waals surface area contributed by atoms with Crippen molar-refractivity contribution in [2.24, 2.45) is 0 Å². The minimum absolute atomic E-state index is 0.771. The van der Waals surface area contributed by atoms with Gasteiger partial charge in [0.2, 0.25) is 0 Å². The number of nitrogens with one attached hydrogen (secondary N) is 1. The number of aryl methyl sites for hydroxylation is 1. The summed E-state index contributed by atoms with van der Waals surface area (Å²) in [5.41, 5.74) is 2.02. The van der Waals surface area contributed by atoms with Crippen LogP contribution >= 0.6 is 11.6 Å². The summed E-state index contributed by atoms with van der Waals surface area (Å²) in [7, 11) is 0. The fraction of sp³-hybridized carbons (Fsp3) is 0.308. The van der Waals surface area contributed by atoms with E-state index in [1.165, 1.54) is 0 Å². The molecule has 0 radical (unpaired) electrons. The van der Waals surface area contributed by atoms with Crippen molar-refractivity contribution in [3.63, 3.8) is 0 Å². The summed E-state index contributed by atoms with van der Waals surface area (Å²) in [4.78, 5) is 4.58. The zero-order valence-electron chi connectivity index (χ0n) is 9.55. The van der Waals surface area contributed by atoms with E-state index in [0.717, 1.165) is 40.3 Å². The first-order valence-corrected chi connectivity index (χ1v) is 5.90. The minimum Gasteiger partial charge on any atom is -0.370 e. The van der Waals surface area contributed by atoms with E-state index in [-0.39, 0.29) is 0 Å². The van der Waals surface area contributed by atoms with Crippen LogP contribution in [0.5, 0.6) is 0 Å². The standard InChI is InChI=1S/C13H15ClN2/c1-3-8-15-12-7-5-10-4-6-11(14)9(2)13(10)16-12/h4-7H,3,8H2,1-2H3,(H,15,16). The monoisotopic (exact) mass is 234 g/mol. The molecule has 0 aliphatic rings. The Balaban J connectivity index is 2.47. The van der Waals surface area contributed by atoms with Gasteiger partial charge in [0.25, 0.3) is 0 Å². The van der Waals surface area contributed by atoms with Crippen LogP contribution < -0.4 is 5.32 Å². The normalized spacial score (nSPS) is 10.7. The molecule has 0 spiro atoms. The minimum atomic E-state index is 0.771. The Morgan fingerprint density at radius 2 is 2.00 bits per heavy atom. The summed E-state index contributed by atoms with van der Waals surface area (Å²) in [6, 6.07) is 8.00. The lowest BCUT2D eigenvalue weighted by atomic mass is 10.1. The maximum Gasteiger partial charge on any atom is 0.126 e. The van der Waals surface area contributed by atoms with Crippen LogP contribution in [0.3, 0.4) is 0 Å². The summed E-state index contributed by atoms with van der Waals surface area (Å²) >= 11 is 6.08. The molecule has 0 unspecified atom stereocenters. The predicted octanol–water partition coefficient (Wildman–Crippen LogP) is 4.02. The molecular weight excluding hydrogens is 220 g/mol. The van der Waals surface area contributed by atoms with Crippen LogP contribution in [-0.4, -0.2) is 11.5 Å². The third-order valence-corrected chi connectivity index (χ3v) is 3.01. The number of rotatable bonds is 3. The molecule has 0 fully saturated rings. The van der Waals surface area contributed by atoms with E-state index in [0.29, 0.717) is 0 Å². The van der Waals surface area contributed by atoms with Gasteiger partial charge in [0.15, 0.2) is 0 Å². The molecule has 0 saturated carbocycles. The Morgan fingerprint density at radius 3 is 2.75 bits per heavy atom. The lowest BCUT2D eigenvalue weighted by molar-refractivity contribution is 0.971. The van der Waals surface area contributed by atoms with Crippen molar-refractivity contribution in [1.82, 2.24) is 4.98 Å². The molecule has 16 heavy (non-hydrogen) atoms. The van der Waals surface area contributed by atoms with Gasteiger partial charge >= 0.3 is 0 Å². The maximum absolute atomic E-state index is 6.08. The number of pyridine rings is 1. The van der Waals surface area contributed by atoms with Crippen molar-refractivity contribution in [2.75, 3.05) is 11.9 Å². The van der Waals surface area contributed by atoms with E-state index < -0.39 is 0 Å². The summed E-state index contributed by atoms with van der Waals surface area (Å²) in [6.07, 6.45) is 1.09. The molecule has 2 rings (SSSR count). The molecule has 3 heteroatoms. The molecule has 1 aromatic heterocycles. The van der Waals surface area contributed by atoms with Gasteiger partial charge in [-0.2, -0.15) is 0 Å². The smallest absolute Gasteiger partial charge is 0.126 e. The second kappa shape index (κ2) is 4.71. The Morgan fingerprint density at radius 1 is 1.25 bits per heavy atom. The lowest BCUT2D eigenvalue weighted by Gasteiger charge is -2.07. The van der Waals surface area contributed by atoms with Gasteiger partial charge in [0, 0.05) is 17.0 Å². The van der Waals surface area contributed by atoms with Gasteiger partial charge in [-0.1, -0.05) is 24.6 Å². The van der Waals surface area contributed by atoms with Crippen LogP contribution in [0, 0.1) is 6.92 Å². The fourth-order valence-corrected chi connectivity index (χ4v) is 1.81. The van der Waals surface area contributed by atoms with E-state index in [9.17, 15) is 0 Å². The summed E-state index contributed by atoms with van der Waals surface area (Å²) in [6.45, 7) is 5.08. The molecule has 2 aromatic rings. The van der Waals surface area contributed by atoms with Gasteiger partial charge < -0.3 is 5.32 Å². The zero-order valence-corrected chi connectivity index (χ0v) is 10.3. The van der Waals surface area contributed by atoms with Crippen molar-refractivity contribution in [2.45, 2.75) is 20.3 Å². The van der Waals surface area contributed by atoms with Gasteiger partial charge in [0.05, 0.1) is 5.52 Å². The van der Waals surface area contributed by atoms with Crippen LogP contribution in [0.25, 0.3) is 10.9 Å². The quantitative estimate of drug-likeness (QED) is 0.868. The van der Waals surface area contributed by atoms with E-state index in [4.69, 9.17) is 11.6 Å². The number of fused-ring (bicyclic) bond motifs is 1. The van der Waals surface area contributed by atoms with Crippen molar-refractivity contribution >= 4 is 28.3 Å². The van der Waals surface area contributed by atoms with Crippen molar-refractivity contribution < 1.29 is 0 Å². The number of hydrogen-bond acceptors (Lipinski definition) is 2. The van der Waals surface area contributed by atoms with Gasteiger partial charge in [-0.05, 0) is 37.1 Å². The average molecular weight is 235 g/mol. The van der Waals surface area contributed by atoms with Gasteiger partial charge in [-0.25, -0.2) is 4.98 Å². The Bertz CT molecular complexity index is 509. The van der Waals surface area contributed by atoms with Crippen molar-refractivity contribution in [3.05, 3.63) is 34.9 Å². The predicted molar refractivity (Wildman–Crippen MR) is 70.3 cm³/mol. The largest absolute Gasteiger partial charge is 0.370 e. The van der Waals surface area contributed by atoms with Gasteiger partial charge in [0.1, 0.15) is 5.82 Å². The summed E-state index contributed by atoms with van der Waals surface area (Å²) in [5, 5.41) is 5.18. The highest BCUT2D eigenvalue weighted by Gasteiger charge is 2.03. The molecule has 0 saturated heterocycles. The SMILES string of the molecule is CCCNc1ccc2ccc(Cl)c(C)c2n1. The van der Waals surface area contributed by atoms with E-state index in [1.807, 2.05) is 25.1 Å². The third-order valence-electron chi connectivity index (χ3n) is 2.61. The molecule has 1 aromatic carbocycles. The highest BCUT2D eigenvalue weighted by Crippen LogP contribution is 2.24. The average Bonchev–Trinajstić information content (AvgIpc) is 2.31. The summed E-state index contributed by atoms with van der Waals surface area (Å²) in [5.74, 6) is 0.916. The molecule has 0 atom stereocenters. The molecule has 2 nitrogen and oxygen atoms in total. The number of anilines is 1. The van der Waals surface area contributed by atoms with E-state index in [1.54, 1.807) is 0 Å². The Kier molecular flexibility index (Phi) is 3.30. The number of benzene rings is 1. The fourth-order valence-electron chi connectivity index (χ4n) is 1.66. The second-order valence-electron chi connectivity index (χ2n) is 3.87. The molecule has 0 aliphatic carbocycles. The molecule has 84 valence electrons. The number of halogens is 1. The number of hydrogen-bond donors (Lipinski definition) is 1. The zero-order chi connectivity index (χ0) is 11.5. The highest BCUT2D eigenvalue weighted by atomic mass is 35.5. The van der Waals surface area contributed by atoms with Crippen molar-refractivity contribution in [3.8, 4) is 0 Å². The molecule has 1 heterocycles. The van der Waals surface area contributed by atoms with Crippen LogP contribution in [0.15, 0.2) is 24.3 Å². The highest BCUT2D eigenvalue weighted by molar-refractivity contribution is 6.32. The van der Waals surface area contributed by atoms with Crippen LogP contribution in [-0.2, 0) is 0 Å². The topological polar surface area (TPSA) is 24.9 Å². The first-order valence-electron chi connectivity index (χ1n) is 5.52. The van der Waals surface area contributed by atoms with Crippen molar-refractivity contribution in [1.29, 1.82) is 0 Å². The number of nitrogens with zero attached hydrogens (tertiary/aromatic N) is 1. The molecule has 1 N–H and O–H groups in total. The third kappa shape index (κ3) is 2.12. The van der Waals surface area contributed by atoms with E-state index in [2.05, 4.69) is 23.3 Å². The first kappa shape index (κ1) is 11.2. The maximum atomic E-state index is 6.08. The molecule has 0 bridgehead atoms. The lowest BCUT2D eigenvalue weighted by Crippen LogP contribution is -2.01. The summed E-state index contributed by atoms with van der Waals surface area (Å²) < 4.78 is 0. The van der Waals surface area contributed by atoms with Gasteiger partial charge in [-0.15, -0.1) is 0 Å². The Hall–Kier alpha value is -1.28. The van der Waals surface area contributed by atoms with Crippen LogP contribution in [0.4, 0.5) is 5.82 Å². The van der Waals surface area contributed by atoms with E-state index >= 15 is 0 Å². The second-order valence-corrected chi connectivity index (χ2v) is 4.27. The van der Waals surface area contributed by atoms with Crippen LogP contribution in [0.1, 0.15) is 18.9 Å². The van der Waals surface area contributed by atoms with Crippen LogP contribution in [0.2, 0.25) is 5.02 Å². The molecule has 0 aliphatic heterocycles.